The Bertz CT molecular complexity index is 1610. The number of hydrogen-bond acceptors (Lipinski definition) is 9. The number of anilines is 1. The second-order valence-electron chi connectivity index (χ2n) is 8.37. The number of esters is 2. The highest BCUT2D eigenvalue weighted by atomic mass is 16.5. The van der Waals surface area contributed by atoms with Crippen molar-refractivity contribution >= 4 is 28.7 Å². The lowest BCUT2D eigenvalue weighted by Gasteiger charge is -2.35. The molecule has 1 unspecified atom stereocenters. The van der Waals surface area contributed by atoms with Gasteiger partial charge >= 0.3 is 11.9 Å². The number of fused-ring (bicyclic) bond motifs is 1. The number of allylic oxidation sites excluding steroid dienone is 1. The Labute approximate surface area is 218 Å². The van der Waals surface area contributed by atoms with Gasteiger partial charge in [-0.3, -0.25) is 4.90 Å². The van der Waals surface area contributed by atoms with Crippen LogP contribution in [0.4, 0.5) is 5.69 Å². The SMILES string of the molecule is COC(=O)C1=C(C(=O)OC)N(c2ccc(-c3nc4ccccc4o3)cc2)C(N)=C(C#N)C1c1ccccc1. The van der Waals surface area contributed by atoms with Crippen molar-refractivity contribution in [1.82, 2.24) is 4.98 Å². The van der Waals surface area contributed by atoms with E-state index in [9.17, 15) is 14.9 Å². The number of aromatic nitrogens is 1. The van der Waals surface area contributed by atoms with E-state index in [0.717, 1.165) is 5.52 Å². The van der Waals surface area contributed by atoms with Crippen LogP contribution < -0.4 is 10.6 Å². The number of hydrogen-bond donors (Lipinski definition) is 1. The number of carbonyl (C=O) groups is 2. The average Bonchev–Trinajstić information content (AvgIpc) is 3.40. The monoisotopic (exact) mass is 506 g/mol. The number of rotatable bonds is 5. The summed E-state index contributed by atoms with van der Waals surface area (Å²) in [5.41, 5.74) is 9.51. The van der Waals surface area contributed by atoms with Crippen LogP contribution >= 0.6 is 0 Å². The van der Waals surface area contributed by atoms with Gasteiger partial charge in [-0.2, -0.15) is 5.26 Å². The number of carbonyl (C=O) groups excluding carboxylic acids is 2. The Morgan fingerprint density at radius 3 is 2.24 bits per heavy atom. The fraction of sp³-hybridized carbons (Fsp3) is 0.103. The number of nitriles is 1. The summed E-state index contributed by atoms with van der Waals surface area (Å²) in [6.45, 7) is 0. The molecule has 5 rings (SSSR count). The van der Waals surface area contributed by atoms with Gasteiger partial charge in [-0.1, -0.05) is 42.5 Å². The molecule has 2 N–H and O–H groups in total. The Hall–Kier alpha value is -5.36. The van der Waals surface area contributed by atoms with Crippen LogP contribution in [0, 0.1) is 11.3 Å². The van der Waals surface area contributed by atoms with Gasteiger partial charge in [0.2, 0.25) is 5.89 Å². The van der Waals surface area contributed by atoms with E-state index in [1.165, 1.54) is 19.1 Å². The second-order valence-corrected chi connectivity index (χ2v) is 8.37. The summed E-state index contributed by atoms with van der Waals surface area (Å²) in [5, 5.41) is 10.1. The van der Waals surface area contributed by atoms with Crippen molar-refractivity contribution in [2.75, 3.05) is 19.1 Å². The lowest BCUT2D eigenvalue weighted by Crippen LogP contribution is -2.40. The molecule has 1 atom stereocenters. The van der Waals surface area contributed by atoms with Crippen molar-refractivity contribution in [2.45, 2.75) is 5.92 Å². The number of oxazole rings is 1. The summed E-state index contributed by atoms with van der Waals surface area (Å²) >= 11 is 0. The first-order chi connectivity index (χ1) is 18.5. The third-order valence-electron chi connectivity index (χ3n) is 6.28. The molecule has 0 aliphatic carbocycles. The summed E-state index contributed by atoms with van der Waals surface area (Å²) in [6, 6.07) is 25.3. The minimum Gasteiger partial charge on any atom is -0.466 e. The van der Waals surface area contributed by atoms with Crippen molar-refractivity contribution in [2.24, 2.45) is 5.73 Å². The number of benzene rings is 3. The summed E-state index contributed by atoms with van der Waals surface area (Å²) in [5.74, 6) is -2.12. The normalized spacial score (nSPS) is 15.4. The summed E-state index contributed by atoms with van der Waals surface area (Å²) < 4.78 is 16.0. The maximum absolute atomic E-state index is 13.2. The molecule has 1 aliphatic rings. The smallest absolute Gasteiger partial charge is 0.355 e. The molecule has 2 heterocycles. The number of nitrogens with zero attached hydrogens (tertiary/aromatic N) is 3. The van der Waals surface area contributed by atoms with E-state index in [-0.39, 0.29) is 22.7 Å². The highest BCUT2D eigenvalue weighted by Crippen LogP contribution is 2.43. The third kappa shape index (κ3) is 4.04. The van der Waals surface area contributed by atoms with E-state index in [1.54, 1.807) is 54.6 Å². The predicted octanol–water partition coefficient (Wildman–Crippen LogP) is 4.39. The van der Waals surface area contributed by atoms with Gasteiger partial charge in [0.1, 0.15) is 17.0 Å². The number of methoxy groups -OCH3 is 2. The molecule has 1 aliphatic heterocycles. The molecular weight excluding hydrogens is 484 g/mol. The standard InChI is InChI=1S/C29H22N4O5/c1-36-28(34)24-23(17-8-4-3-5-9-17)20(16-30)26(31)33(25(24)29(35)37-2)19-14-12-18(13-15-19)27-32-21-10-6-7-11-22(21)38-27/h3-15,23H,31H2,1-2H3. The van der Waals surface area contributed by atoms with Crippen LogP contribution in [0.2, 0.25) is 0 Å². The Morgan fingerprint density at radius 1 is 0.947 bits per heavy atom. The quantitative estimate of drug-likeness (QED) is 0.391. The van der Waals surface area contributed by atoms with Gasteiger partial charge in [-0.25, -0.2) is 14.6 Å². The van der Waals surface area contributed by atoms with Gasteiger partial charge in [0.05, 0.1) is 37.4 Å². The van der Waals surface area contributed by atoms with Crippen LogP contribution in [0.5, 0.6) is 0 Å². The van der Waals surface area contributed by atoms with Crippen LogP contribution in [0.25, 0.3) is 22.6 Å². The van der Waals surface area contributed by atoms with Gasteiger partial charge < -0.3 is 19.6 Å². The van der Waals surface area contributed by atoms with Crippen LogP contribution in [0.3, 0.4) is 0 Å². The molecule has 9 nitrogen and oxygen atoms in total. The van der Waals surface area contributed by atoms with E-state index < -0.39 is 17.9 Å². The van der Waals surface area contributed by atoms with Crippen molar-refractivity contribution in [3.05, 3.63) is 107 Å². The van der Waals surface area contributed by atoms with Crippen molar-refractivity contribution in [3.8, 4) is 17.5 Å². The summed E-state index contributed by atoms with van der Waals surface area (Å²) in [7, 11) is 2.41. The third-order valence-corrected chi connectivity index (χ3v) is 6.28. The van der Waals surface area contributed by atoms with E-state index >= 15 is 0 Å². The Balaban J connectivity index is 1.68. The molecule has 0 radical (unpaired) electrons. The first-order valence-corrected chi connectivity index (χ1v) is 11.6. The van der Waals surface area contributed by atoms with Gasteiger partial charge in [0.15, 0.2) is 5.58 Å². The summed E-state index contributed by atoms with van der Waals surface area (Å²) in [4.78, 5) is 32.2. The zero-order valence-corrected chi connectivity index (χ0v) is 20.5. The minimum absolute atomic E-state index is 0.0102. The van der Waals surface area contributed by atoms with Gasteiger partial charge in [-0.15, -0.1) is 0 Å². The lowest BCUT2D eigenvalue weighted by atomic mass is 9.81. The fourth-order valence-corrected chi connectivity index (χ4v) is 4.53. The first kappa shape index (κ1) is 24.3. The lowest BCUT2D eigenvalue weighted by molar-refractivity contribution is -0.139. The predicted molar refractivity (Wildman–Crippen MR) is 139 cm³/mol. The van der Waals surface area contributed by atoms with Crippen molar-refractivity contribution in [3.63, 3.8) is 0 Å². The van der Waals surface area contributed by atoms with Crippen molar-refractivity contribution in [1.29, 1.82) is 5.26 Å². The fourth-order valence-electron chi connectivity index (χ4n) is 4.53. The topological polar surface area (TPSA) is 132 Å². The van der Waals surface area contributed by atoms with Crippen molar-refractivity contribution < 1.29 is 23.5 Å². The van der Waals surface area contributed by atoms with Gasteiger partial charge in [0.25, 0.3) is 0 Å². The van der Waals surface area contributed by atoms with E-state index in [0.29, 0.717) is 28.3 Å². The molecule has 9 heteroatoms. The minimum atomic E-state index is -0.932. The van der Waals surface area contributed by atoms with E-state index in [1.807, 2.05) is 24.3 Å². The van der Waals surface area contributed by atoms with Gasteiger partial charge in [0, 0.05) is 11.3 Å². The molecule has 3 aromatic carbocycles. The number of para-hydroxylation sites is 2. The number of ether oxygens (including phenoxy) is 2. The maximum Gasteiger partial charge on any atom is 0.355 e. The Morgan fingerprint density at radius 2 is 1.61 bits per heavy atom. The van der Waals surface area contributed by atoms with E-state index in [2.05, 4.69) is 11.1 Å². The highest BCUT2D eigenvalue weighted by molar-refractivity contribution is 6.06. The molecule has 0 fully saturated rings. The Kier molecular flexibility index (Phi) is 6.37. The molecule has 0 spiro atoms. The van der Waals surface area contributed by atoms with Crippen LogP contribution in [-0.2, 0) is 19.1 Å². The molecule has 0 saturated carbocycles. The maximum atomic E-state index is 13.2. The van der Waals surface area contributed by atoms with E-state index in [4.69, 9.17) is 19.6 Å². The first-order valence-electron chi connectivity index (χ1n) is 11.6. The van der Waals surface area contributed by atoms with Crippen LogP contribution in [0.15, 0.2) is 106 Å². The average molecular weight is 507 g/mol. The van der Waals surface area contributed by atoms with Crippen LogP contribution in [-0.4, -0.2) is 31.1 Å². The zero-order valence-electron chi connectivity index (χ0n) is 20.5. The van der Waals surface area contributed by atoms with Crippen LogP contribution in [0.1, 0.15) is 11.5 Å². The summed E-state index contributed by atoms with van der Waals surface area (Å²) in [6.07, 6.45) is 0. The highest BCUT2D eigenvalue weighted by Gasteiger charge is 2.42. The zero-order chi connectivity index (χ0) is 26.8. The molecular formula is C29H22N4O5. The number of nitrogens with two attached hydrogens (primary N) is 1. The molecule has 0 bridgehead atoms. The molecule has 188 valence electrons. The molecule has 0 saturated heterocycles. The molecule has 38 heavy (non-hydrogen) atoms. The largest absolute Gasteiger partial charge is 0.466 e. The molecule has 1 aromatic heterocycles. The molecule has 0 amide bonds. The van der Waals surface area contributed by atoms with Gasteiger partial charge in [-0.05, 0) is 42.0 Å². The molecule has 4 aromatic rings. The second kappa shape index (κ2) is 9.95.